The molecule has 0 fully saturated rings. The third kappa shape index (κ3) is 3.97. The van der Waals surface area contributed by atoms with Gasteiger partial charge in [-0.25, -0.2) is 8.42 Å². The fraction of sp³-hybridized carbons (Fsp3) is 0.136. The summed E-state index contributed by atoms with van der Waals surface area (Å²) in [5, 5.41) is 0. The fourth-order valence-electron chi connectivity index (χ4n) is 3.18. The lowest BCUT2D eigenvalue weighted by molar-refractivity contribution is 0.601. The van der Waals surface area contributed by atoms with Crippen LogP contribution in [0.15, 0.2) is 76.4 Å². The van der Waals surface area contributed by atoms with Gasteiger partial charge >= 0.3 is 4.87 Å². The standard InChI is InChI=1S/C22H20N2O3S2/c1-15-8-9-16(2)19(12-15)23-29(26,27)18-10-11-20-21(13-18)28-22(25)24(20)14-17-6-4-3-5-7-17/h3-13,23H,14H2,1-2H3. The highest BCUT2D eigenvalue weighted by atomic mass is 32.2. The quantitative estimate of drug-likeness (QED) is 0.512. The zero-order chi connectivity index (χ0) is 20.6. The van der Waals surface area contributed by atoms with Gasteiger partial charge in [-0.05, 0) is 54.8 Å². The lowest BCUT2D eigenvalue weighted by atomic mass is 10.1. The Kier molecular flexibility index (Phi) is 5.02. The van der Waals surface area contributed by atoms with E-state index in [1.807, 2.05) is 56.3 Å². The number of hydrogen-bond acceptors (Lipinski definition) is 4. The van der Waals surface area contributed by atoms with Gasteiger partial charge in [0.15, 0.2) is 0 Å². The molecular weight excluding hydrogens is 404 g/mol. The molecule has 0 amide bonds. The molecule has 7 heteroatoms. The molecule has 4 aromatic rings. The van der Waals surface area contributed by atoms with Gasteiger partial charge in [0.05, 0.1) is 27.3 Å². The number of hydrogen-bond donors (Lipinski definition) is 1. The van der Waals surface area contributed by atoms with E-state index in [2.05, 4.69) is 4.72 Å². The van der Waals surface area contributed by atoms with Gasteiger partial charge in [-0.1, -0.05) is 53.8 Å². The molecule has 0 aliphatic heterocycles. The van der Waals surface area contributed by atoms with Gasteiger partial charge in [0.25, 0.3) is 10.0 Å². The number of aromatic nitrogens is 1. The molecule has 0 saturated carbocycles. The number of rotatable bonds is 5. The molecule has 148 valence electrons. The molecule has 1 heterocycles. The van der Waals surface area contributed by atoms with E-state index in [4.69, 9.17) is 0 Å². The van der Waals surface area contributed by atoms with Crippen molar-refractivity contribution in [1.29, 1.82) is 0 Å². The number of thiazole rings is 1. The van der Waals surface area contributed by atoms with Crippen LogP contribution in [0.4, 0.5) is 5.69 Å². The Morgan fingerprint density at radius 2 is 1.72 bits per heavy atom. The first-order chi connectivity index (χ1) is 13.8. The summed E-state index contributed by atoms with van der Waals surface area (Å²) in [6.07, 6.45) is 0. The van der Waals surface area contributed by atoms with Crippen molar-refractivity contribution in [3.63, 3.8) is 0 Å². The number of benzene rings is 3. The highest BCUT2D eigenvalue weighted by Gasteiger charge is 2.18. The van der Waals surface area contributed by atoms with Gasteiger partial charge in [-0.2, -0.15) is 0 Å². The summed E-state index contributed by atoms with van der Waals surface area (Å²) in [6, 6.07) is 20.1. The first-order valence-corrected chi connectivity index (χ1v) is 11.4. The van der Waals surface area contributed by atoms with Crippen LogP contribution < -0.4 is 9.60 Å². The predicted molar refractivity (Wildman–Crippen MR) is 118 cm³/mol. The molecule has 0 unspecified atom stereocenters. The van der Waals surface area contributed by atoms with E-state index >= 15 is 0 Å². The highest BCUT2D eigenvalue weighted by Crippen LogP contribution is 2.25. The van der Waals surface area contributed by atoms with Crippen LogP contribution in [-0.4, -0.2) is 13.0 Å². The second-order valence-electron chi connectivity index (χ2n) is 6.99. The normalized spacial score (nSPS) is 11.7. The summed E-state index contributed by atoms with van der Waals surface area (Å²) in [5.74, 6) is 0. The summed E-state index contributed by atoms with van der Waals surface area (Å²) in [4.78, 5) is 12.5. The number of anilines is 1. The van der Waals surface area contributed by atoms with Crippen LogP contribution in [0.5, 0.6) is 0 Å². The van der Waals surface area contributed by atoms with Crippen molar-refractivity contribution in [2.75, 3.05) is 4.72 Å². The van der Waals surface area contributed by atoms with Crippen LogP contribution in [0, 0.1) is 13.8 Å². The predicted octanol–water partition coefficient (Wildman–Crippen LogP) is 4.53. The summed E-state index contributed by atoms with van der Waals surface area (Å²) in [7, 11) is -3.76. The minimum atomic E-state index is -3.76. The van der Waals surface area contributed by atoms with E-state index in [0.717, 1.165) is 33.5 Å². The lowest BCUT2D eigenvalue weighted by Crippen LogP contribution is -2.14. The molecule has 0 atom stereocenters. The Bertz CT molecular complexity index is 1350. The molecule has 0 aliphatic rings. The van der Waals surface area contributed by atoms with E-state index in [-0.39, 0.29) is 9.77 Å². The maximum absolute atomic E-state index is 12.9. The molecular formula is C22H20N2O3S2. The van der Waals surface area contributed by atoms with Crippen molar-refractivity contribution in [1.82, 2.24) is 4.57 Å². The van der Waals surface area contributed by atoms with Gasteiger partial charge in [0, 0.05) is 0 Å². The summed E-state index contributed by atoms with van der Waals surface area (Å²) in [5.41, 5.74) is 4.12. The number of nitrogens with one attached hydrogen (secondary N) is 1. The first-order valence-electron chi connectivity index (χ1n) is 9.11. The maximum atomic E-state index is 12.9. The van der Waals surface area contributed by atoms with E-state index < -0.39 is 10.0 Å². The van der Waals surface area contributed by atoms with Crippen molar-refractivity contribution in [3.05, 3.63) is 93.1 Å². The fourth-order valence-corrected chi connectivity index (χ4v) is 5.33. The Labute approximate surface area is 173 Å². The average Bonchev–Trinajstić information content (AvgIpc) is 3.00. The number of nitrogens with zero attached hydrogens (tertiary/aromatic N) is 1. The molecule has 4 rings (SSSR count). The lowest BCUT2D eigenvalue weighted by Gasteiger charge is -2.11. The number of sulfonamides is 1. The second-order valence-corrected chi connectivity index (χ2v) is 9.67. The van der Waals surface area contributed by atoms with E-state index in [0.29, 0.717) is 16.9 Å². The summed E-state index contributed by atoms with van der Waals surface area (Å²) < 4.78 is 30.8. The first kappa shape index (κ1) is 19.4. The number of aryl methyl sites for hydroxylation is 2. The topological polar surface area (TPSA) is 68.2 Å². The molecule has 0 saturated heterocycles. The van der Waals surface area contributed by atoms with E-state index in [1.54, 1.807) is 28.8 Å². The molecule has 1 N–H and O–H groups in total. The number of fused-ring (bicyclic) bond motifs is 1. The molecule has 0 bridgehead atoms. The zero-order valence-electron chi connectivity index (χ0n) is 16.0. The van der Waals surface area contributed by atoms with Crippen LogP contribution in [0.25, 0.3) is 10.2 Å². The van der Waals surface area contributed by atoms with Gasteiger partial charge in [0.2, 0.25) is 0 Å². The van der Waals surface area contributed by atoms with Gasteiger partial charge in [0.1, 0.15) is 0 Å². The summed E-state index contributed by atoms with van der Waals surface area (Å²) in [6.45, 7) is 4.22. The second kappa shape index (κ2) is 7.50. The Morgan fingerprint density at radius 3 is 2.48 bits per heavy atom. The Morgan fingerprint density at radius 1 is 0.966 bits per heavy atom. The van der Waals surface area contributed by atoms with Gasteiger partial charge < -0.3 is 0 Å². The maximum Gasteiger partial charge on any atom is 0.308 e. The molecule has 0 radical (unpaired) electrons. The van der Waals surface area contributed by atoms with Gasteiger partial charge in [-0.15, -0.1) is 0 Å². The molecule has 3 aromatic carbocycles. The SMILES string of the molecule is Cc1ccc(C)c(NS(=O)(=O)c2ccc3c(c2)sc(=O)n3Cc2ccccc2)c1. The van der Waals surface area contributed by atoms with Crippen LogP contribution in [0.3, 0.4) is 0 Å². The largest absolute Gasteiger partial charge is 0.308 e. The Hall–Kier alpha value is -2.90. The van der Waals surface area contributed by atoms with Crippen LogP contribution in [0.1, 0.15) is 16.7 Å². The molecule has 29 heavy (non-hydrogen) atoms. The average molecular weight is 425 g/mol. The van der Waals surface area contributed by atoms with Crippen LogP contribution >= 0.6 is 11.3 Å². The highest BCUT2D eigenvalue weighted by molar-refractivity contribution is 7.92. The van der Waals surface area contributed by atoms with Crippen molar-refractivity contribution in [2.24, 2.45) is 0 Å². The minimum Gasteiger partial charge on any atom is -0.294 e. The molecule has 1 aromatic heterocycles. The van der Waals surface area contributed by atoms with Crippen molar-refractivity contribution >= 4 is 37.3 Å². The minimum absolute atomic E-state index is 0.110. The molecule has 0 spiro atoms. The van der Waals surface area contributed by atoms with Crippen molar-refractivity contribution < 1.29 is 8.42 Å². The van der Waals surface area contributed by atoms with E-state index in [9.17, 15) is 13.2 Å². The zero-order valence-corrected chi connectivity index (χ0v) is 17.7. The van der Waals surface area contributed by atoms with Crippen LogP contribution in [-0.2, 0) is 16.6 Å². The van der Waals surface area contributed by atoms with Crippen molar-refractivity contribution in [3.8, 4) is 0 Å². The molecule has 0 aliphatic carbocycles. The summed E-state index contributed by atoms with van der Waals surface area (Å²) >= 11 is 1.06. The third-order valence-electron chi connectivity index (χ3n) is 4.77. The monoisotopic (exact) mass is 424 g/mol. The van der Waals surface area contributed by atoms with Crippen molar-refractivity contribution in [2.45, 2.75) is 25.3 Å². The van der Waals surface area contributed by atoms with E-state index in [1.165, 1.54) is 0 Å². The Balaban J connectivity index is 1.70. The third-order valence-corrected chi connectivity index (χ3v) is 7.08. The van der Waals surface area contributed by atoms with Crippen LogP contribution in [0.2, 0.25) is 0 Å². The molecule has 5 nitrogen and oxygen atoms in total. The van der Waals surface area contributed by atoms with Gasteiger partial charge in [-0.3, -0.25) is 14.1 Å². The smallest absolute Gasteiger partial charge is 0.294 e.